The van der Waals surface area contributed by atoms with E-state index in [1.54, 1.807) is 0 Å². The summed E-state index contributed by atoms with van der Waals surface area (Å²) < 4.78 is 0. The summed E-state index contributed by atoms with van der Waals surface area (Å²) in [7, 11) is 0. The SMILES string of the molecule is c1ccc([C@@H]2CN(Cc3ccccn3)[C@@H]3C4CCN(CC4)[C@@H]32)cc1. The summed E-state index contributed by atoms with van der Waals surface area (Å²) >= 11 is 0. The van der Waals surface area contributed by atoms with Gasteiger partial charge in [0.15, 0.2) is 0 Å². The van der Waals surface area contributed by atoms with Gasteiger partial charge in [0.1, 0.15) is 0 Å². The summed E-state index contributed by atoms with van der Waals surface area (Å²) in [5.74, 6) is 1.51. The molecule has 0 aliphatic carbocycles. The first-order chi connectivity index (χ1) is 11.9. The molecule has 3 nitrogen and oxygen atoms in total. The summed E-state index contributed by atoms with van der Waals surface area (Å²) in [6.45, 7) is 4.76. The fourth-order valence-corrected chi connectivity index (χ4v) is 5.42. The molecule has 124 valence electrons. The third-order valence-corrected chi connectivity index (χ3v) is 6.41. The lowest BCUT2D eigenvalue weighted by Gasteiger charge is -2.51. The van der Waals surface area contributed by atoms with Gasteiger partial charge in [-0.05, 0) is 49.5 Å². The average Bonchev–Trinajstić information content (AvgIpc) is 3.06. The molecule has 0 radical (unpaired) electrons. The van der Waals surface area contributed by atoms with E-state index in [4.69, 9.17) is 0 Å². The van der Waals surface area contributed by atoms with Crippen molar-refractivity contribution >= 4 is 0 Å². The number of piperidine rings is 3. The van der Waals surface area contributed by atoms with E-state index in [-0.39, 0.29) is 0 Å². The van der Waals surface area contributed by atoms with Crippen molar-refractivity contribution in [3.8, 4) is 0 Å². The van der Waals surface area contributed by atoms with Crippen LogP contribution in [0.5, 0.6) is 0 Å². The highest BCUT2D eigenvalue weighted by molar-refractivity contribution is 5.27. The smallest absolute Gasteiger partial charge is 0.0544 e. The van der Waals surface area contributed by atoms with Gasteiger partial charge in [0, 0.05) is 37.3 Å². The normalized spacial score (nSPS) is 35.1. The number of likely N-dealkylation sites (tertiary alicyclic amines) is 1. The molecule has 0 unspecified atom stereocenters. The molecule has 4 saturated heterocycles. The van der Waals surface area contributed by atoms with Gasteiger partial charge in [-0.1, -0.05) is 36.4 Å². The summed E-state index contributed by atoms with van der Waals surface area (Å²) in [6.07, 6.45) is 4.68. The van der Waals surface area contributed by atoms with Crippen LogP contribution < -0.4 is 0 Å². The molecule has 2 aromatic rings. The van der Waals surface area contributed by atoms with Gasteiger partial charge in [0.25, 0.3) is 0 Å². The van der Waals surface area contributed by atoms with E-state index in [2.05, 4.69) is 57.2 Å². The van der Waals surface area contributed by atoms with Gasteiger partial charge >= 0.3 is 0 Å². The van der Waals surface area contributed by atoms with Gasteiger partial charge < -0.3 is 0 Å². The first-order valence-corrected chi connectivity index (χ1v) is 9.33. The van der Waals surface area contributed by atoms with Crippen LogP contribution in [0.3, 0.4) is 0 Å². The van der Waals surface area contributed by atoms with Crippen molar-refractivity contribution < 1.29 is 0 Å². The second-order valence-electron chi connectivity index (χ2n) is 7.62. The topological polar surface area (TPSA) is 19.4 Å². The molecule has 3 atom stereocenters. The fraction of sp³-hybridized carbons (Fsp3) is 0.476. The molecule has 1 aromatic heterocycles. The third kappa shape index (κ3) is 2.38. The van der Waals surface area contributed by atoms with Crippen molar-refractivity contribution in [2.75, 3.05) is 19.6 Å². The van der Waals surface area contributed by atoms with Crippen molar-refractivity contribution in [2.24, 2.45) is 5.92 Å². The monoisotopic (exact) mass is 319 g/mol. The molecule has 0 spiro atoms. The molecule has 1 aromatic carbocycles. The van der Waals surface area contributed by atoms with E-state index < -0.39 is 0 Å². The van der Waals surface area contributed by atoms with E-state index in [1.807, 2.05) is 12.3 Å². The van der Waals surface area contributed by atoms with Gasteiger partial charge in [0.2, 0.25) is 0 Å². The Morgan fingerprint density at radius 3 is 2.46 bits per heavy atom. The zero-order valence-corrected chi connectivity index (χ0v) is 14.1. The highest BCUT2D eigenvalue weighted by atomic mass is 15.3. The Morgan fingerprint density at radius 1 is 0.917 bits per heavy atom. The molecule has 3 heteroatoms. The van der Waals surface area contributed by atoms with Crippen molar-refractivity contribution in [2.45, 2.75) is 37.4 Å². The maximum Gasteiger partial charge on any atom is 0.0544 e. The van der Waals surface area contributed by atoms with Crippen molar-refractivity contribution in [1.82, 2.24) is 14.8 Å². The van der Waals surface area contributed by atoms with E-state index in [1.165, 1.54) is 43.7 Å². The molecule has 24 heavy (non-hydrogen) atoms. The number of hydrogen-bond donors (Lipinski definition) is 0. The number of nitrogens with zero attached hydrogens (tertiary/aromatic N) is 3. The molecule has 5 heterocycles. The first-order valence-electron chi connectivity index (χ1n) is 9.33. The largest absolute Gasteiger partial charge is 0.298 e. The van der Waals surface area contributed by atoms with E-state index in [0.29, 0.717) is 18.0 Å². The lowest BCUT2D eigenvalue weighted by Crippen LogP contribution is -2.60. The second-order valence-corrected chi connectivity index (χ2v) is 7.62. The summed E-state index contributed by atoms with van der Waals surface area (Å²) in [5, 5.41) is 0. The second kappa shape index (κ2) is 5.98. The van der Waals surface area contributed by atoms with Crippen LogP contribution in [0.25, 0.3) is 0 Å². The molecule has 0 saturated carbocycles. The number of aromatic nitrogens is 1. The van der Waals surface area contributed by atoms with Crippen LogP contribution in [0.2, 0.25) is 0 Å². The van der Waals surface area contributed by atoms with Crippen LogP contribution in [0.4, 0.5) is 0 Å². The van der Waals surface area contributed by atoms with E-state index in [0.717, 1.165) is 12.5 Å². The third-order valence-electron chi connectivity index (χ3n) is 6.41. The molecule has 2 bridgehead atoms. The van der Waals surface area contributed by atoms with Gasteiger partial charge in [-0.3, -0.25) is 14.8 Å². The molecule has 0 N–H and O–H groups in total. The Bertz CT molecular complexity index is 679. The Kier molecular flexibility index (Phi) is 3.64. The molecule has 6 rings (SSSR count). The molecule has 4 fully saturated rings. The summed E-state index contributed by atoms with van der Waals surface area (Å²) in [5.41, 5.74) is 2.73. The van der Waals surface area contributed by atoms with Gasteiger partial charge in [-0.2, -0.15) is 0 Å². The molecule has 4 aliphatic heterocycles. The minimum atomic E-state index is 0.642. The Labute approximate surface area is 144 Å². The standard InChI is InChI=1S/C21H25N3/c1-2-6-16(7-3-1)19-15-24(14-18-8-4-5-11-22-18)20-17-9-12-23(13-10-17)21(19)20/h1-8,11,17,19-21H,9-10,12-15H2/t19-,20+,21+/m0/s1. The maximum absolute atomic E-state index is 4.58. The minimum absolute atomic E-state index is 0.642. The van der Waals surface area contributed by atoms with Crippen LogP contribution in [0, 0.1) is 5.92 Å². The number of pyridine rings is 1. The van der Waals surface area contributed by atoms with Crippen LogP contribution >= 0.6 is 0 Å². The highest BCUT2D eigenvalue weighted by Gasteiger charge is 2.53. The van der Waals surface area contributed by atoms with E-state index >= 15 is 0 Å². The Balaban J connectivity index is 1.48. The summed E-state index contributed by atoms with van der Waals surface area (Å²) in [6, 6.07) is 18.9. The Hall–Kier alpha value is -1.71. The van der Waals surface area contributed by atoms with Crippen LogP contribution in [-0.4, -0.2) is 46.5 Å². The molecule has 0 amide bonds. The van der Waals surface area contributed by atoms with Crippen molar-refractivity contribution in [3.63, 3.8) is 0 Å². The van der Waals surface area contributed by atoms with E-state index in [9.17, 15) is 0 Å². The van der Waals surface area contributed by atoms with Crippen LogP contribution in [0.15, 0.2) is 54.7 Å². The van der Waals surface area contributed by atoms with Crippen molar-refractivity contribution in [3.05, 3.63) is 66.0 Å². The quantitative estimate of drug-likeness (QED) is 0.866. The zero-order valence-electron chi connectivity index (χ0n) is 14.1. The number of rotatable bonds is 3. The first kappa shape index (κ1) is 14.6. The summed E-state index contributed by atoms with van der Waals surface area (Å²) in [4.78, 5) is 10.1. The van der Waals surface area contributed by atoms with Crippen LogP contribution in [-0.2, 0) is 6.54 Å². The molecular formula is C21H25N3. The molecular weight excluding hydrogens is 294 g/mol. The predicted octanol–water partition coefficient (Wildman–Crippen LogP) is 3.14. The highest BCUT2D eigenvalue weighted by Crippen LogP contribution is 2.46. The van der Waals surface area contributed by atoms with Crippen LogP contribution in [0.1, 0.15) is 30.0 Å². The Morgan fingerprint density at radius 2 is 1.71 bits per heavy atom. The van der Waals surface area contributed by atoms with Gasteiger partial charge in [0.05, 0.1) is 5.69 Å². The van der Waals surface area contributed by atoms with Crippen molar-refractivity contribution in [1.29, 1.82) is 0 Å². The number of benzene rings is 1. The van der Waals surface area contributed by atoms with Gasteiger partial charge in [-0.25, -0.2) is 0 Å². The minimum Gasteiger partial charge on any atom is -0.298 e. The lowest BCUT2D eigenvalue weighted by atomic mass is 9.75. The number of fused-ring (bicyclic) bond motifs is 2. The maximum atomic E-state index is 4.58. The average molecular weight is 319 g/mol. The number of hydrogen-bond acceptors (Lipinski definition) is 3. The molecule has 4 aliphatic rings. The predicted molar refractivity (Wildman–Crippen MR) is 95.7 cm³/mol. The van der Waals surface area contributed by atoms with Gasteiger partial charge in [-0.15, -0.1) is 0 Å². The zero-order chi connectivity index (χ0) is 15.9. The fourth-order valence-electron chi connectivity index (χ4n) is 5.42. The lowest BCUT2D eigenvalue weighted by molar-refractivity contribution is -0.00897.